The van der Waals surface area contributed by atoms with Crippen molar-refractivity contribution in [3.63, 3.8) is 0 Å². The Morgan fingerprint density at radius 3 is 2.61 bits per heavy atom. The standard InChI is InChI=1S/C18H22ClNO3/c1-6-13-14-9-12(19)7-8-15(14)20-11(4)16(13)17(18(21)22-5)23-10(2)3/h7-10,17H,6H2,1-5H3. The Hall–Kier alpha value is -1.65. The van der Waals surface area contributed by atoms with Crippen molar-refractivity contribution in [1.29, 1.82) is 0 Å². The molecule has 0 fully saturated rings. The van der Waals surface area contributed by atoms with Crippen molar-refractivity contribution in [2.24, 2.45) is 0 Å². The molecule has 5 heteroatoms. The van der Waals surface area contributed by atoms with Crippen LogP contribution in [-0.4, -0.2) is 24.2 Å². The molecular formula is C18H22ClNO3. The van der Waals surface area contributed by atoms with Crippen LogP contribution in [0.2, 0.25) is 5.02 Å². The molecule has 2 aromatic rings. The Kier molecular flexibility index (Phi) is 5.60. The van der Waals surface area contributed by atoms with Gasteiger partial charge in [0.1, 0.15) is 0 Å². The highest BCUT2D eigenvalue weighted by Gasteiger charge is 2.29. The second kappa shape index (κ2) is 7.28. The molecule has 0 aliphatic carbocycles. The maximum absolute atomic E-state index is 12.3. The SMILES string of the molecule is CCc1c(C(OC(C)C)C(=O)OC)c(C)nc2ccc(Cl)cc12. The molecule has 0 aliphatic heterocycles. The molecule has 0 N–H and O–H groups in total. The van der Waals surface area contributed by atoms with Gasteiger partial charge in [0.05, 0.1) is 18.7 Å². The van der Waals surface area contributed by atoms with E-state index in [2.05, 4.69) is 4.98 Å². The minimum absolute atomic E-state index is 0.113. The van der Waals surface area contributed by atoms with Crippen molar-refractivity contribution < 1.29 is 14.3 Å². The van der Waals surface area contributed by atoms with Crippen LogP contribution in [0.5, 0.6) is 0 Å². The Labute approximate surface area is 141 Å². The fourth-order valence-corrected chi connectivity index (χ4v) is 2.97. The van der Waals surface area contributed by atoms with Gasteiger partial charge in [-0.3, -0.25) is 4.98 Å². The minimum Gasteiger partial charge on any atom is -0.467 e. The lowest BCUT2D eigenvalue weighted by Gasteiger charge is -2.23. The number of hydrogen-bond donors (Lipinski definition) is 0. The van der Waals surface area contributed by atoms with Crippen molar-refractivity contribution in [1.82, 2.24) is 4.98 Å². The molecule has 0 aliphatic rings. The molecule has 1 unspecified atom stereocenters. The molecule has 0 bridgehead atoms. The summed E-state index contributed by atoms with van der Waals surface area (Å²) in [4.78, 5) is 16.9. The van der Waals surface area contributed by atoms with Crippen LogP contribution in [0.1, 0.15) is 43.7 Å². The van der Waals surface area contributed by atoms with Gasteiger partial charge in [-0.25, -0.2) is 4.79 Å². The maximum Gasteiger partial charge on any atom is 0.339 e. The molecule has 1 atom stereocenters. The minimum atomic E-state index is -0.786. The molecule has 23 heavy (non-hydrogen) atoms. The van der Waals surface area contributed by atoms with Crippen molar-refractivity contribution in [2.75, 3.05) is 7.11 Å². The number of methoxy groups -OCH3 is 1. The van der Waals surface area contributed by atoms with Gasteiger partial charge >= 0.3 is 5.97 Å². The second-order valence-corrected chi connectivity index (χ2v) is 6.13. The van der Waals surface area contributed by atoms with Gasteiger partial charge < -0.3 is 9.47 Å². The lowest BCUT2D eigenvalue weighted by atomic mass is 9.94. The van der Waals surface area contributed by atoms with Gasteiger partial charge in [-0.05, 0) is 51.0 Å². The van der Waals surface area contributed by atoms with Gasteiger partial charge in [-0.15, -0.1) is 0 Å². The number of hydrogen-bond acceptors (Lipinski definition) is 4. The first-order valence-corrected chi connectivity index (χ1v) is 8.08. The predicted molar refractivity (Wildman–Crippen MR) is 91.8 cm³/mol. The number of benzene rings is 1. The number of aryl methyl sites for hydroxylation is 2. The van der Waals surface area contributed by atoms with Crippen molar-refractivity contribution in [2.45, 2.75) is 46.3 Å². The Bertz CT molecular complexity index is 728. The quantitative estimate of drug-likeness (QED) is 0.760. The van der Waals surface area contributed by atoms with E-state index in [9.17, 15) is 4.79 Å². The van der Waals surface area contributed by atoms with Crippen LogP contribution in [0, 0.1) is 6.92 Å². The third-order valence-electron chi connectivity index (χ3n) is 3.73. The number of rotatable bonds is 5. The average Bonchev–Trinajstić information content (AvgIpc) is 2.51. The molecule has 0 saturated heterocycles. The summed E-state index contributed by atoms with van der Waals surface area (Å²) in [5.41, 5.74) is 3.43. The zero-order valence-electron chi connectivity index (χ0n) is 14.1. The van der Waals surface area contributed by atoms with E-state index in [0.29, 0.717) is 5.02 Å². The van der Waals surface area contributed by atoms with Crippen molar-refractivity contribution in [3.8, 4) is 0 Å². The van der Waals surface area contributed by atoms with Gasteiger partial charge in [0.15, 0.2) is 6.10 Å². The van der Waals surface area contributed by atoms with Crippen molar-refractivity contribution >= 4 is 28.5 Å². The highest BCUT2D eigenvalue weighted by Crippen LogP contribution is 2.33. The smallest absolute Gasteiger partial charge is 0.339 e. The van der Waals surface area contributed by atoms with E-state index >= 15 is 0 Å². The Morgan fingerprint density at radius 2 is 2.04 bits per heavy atom. The summed E-state index contributed by atoms with van der Waals surface area (Å²) in [6.07, 6.45) is -0.158. The lowest BCUT2D eigenvalue weighted by molar-refractivity contribution is -0.157. The summed E-state index contributed by atoms with van der Waals surface area (Å²) in [6.45, 7) is 7.72. The van der Waals surface area contributed by atoms with Gasteiger partial charge in [0, 0.05) is 21.7 Å². The van der Waals surface area contributed by atoms with Crippen molar-refractivity contribution in [3.05, 3.63) is 40.0 Å². The molecule has 4 nitrogen and oxygen atoms in total. The molecule has 1 aromatic heterocycles. The van der Waals surface area contributed by atoms with E-state index in [1.807, 2.05) is 45.9 Å². The van der Waals surface area contributed by atoms with Crippen LogP contribution in [-0.2, 0) is 20.7 Å². The number of nitrogens with zero attached hydrogens (tertiary/aromatic N) is 1. The number of aromatic nitrogens is 1. The van der Waals surface area contributed by atoms with E-state index in [-0.39, 0.29) is 6.10 Å². The summed E-state index contributed by atoms with van der Waals surface area (Å²) in [7, 11) is 1.37. The lowest BCUT2D eigenvalue weighted by Crippen LogP contribution is -2.23. The molecular weight excluding hydrogens is 314 g/mol. The predicted octanol–water partition coefficient (Wildman–Crippen LogP) is 4.40. The average molecular weight is 336 g/mol. The topological polar surface area (TPSA) is 48.4 Å². The Morgan fingerprint density at radius 1 is 1.35 bits per heavy atom. The first-order valence-electron chi connectivity index (χ1n) is 7.70. The summed E-state index contributed by atoms with van der Waals surface area (Å²) in [5.74, 6) is -0.417. The molecule has 0 amide bonds. The van der Waals surface area contributed by atoms with Crippen LogP contribution >= 0.6 is 11.6 Å². The zero-order chi connectivity index (χ0) is 17.1. The largest absolute Gasteiger partial charge is 0.467 e. The van der Waals surface area contributed by atoms with Crippen LogP contribution in [0.4, 0.5) is 0 Å². The summed E-state index contributed by atoms with van der Waals surface area (Å²) >= 11 is 6.14. The number of esters is 1. The summed E-state index contributed by atoms with van der Waals surface area (Å²) in [5, 5.41) is 1.59. The molecule has 1 heterocycles. The van der Waals surface area contributed by atoms with Gasteiger partial charge in [-0.1, -0.05) is 18.5 Å². The Balaban J connectivity index is 2.74. The van der Waals surface area contributed by atoms with Crippen LogP contribution in [0.15, 0.2) is 18.2 Å². The fourth-order valence-electron chi connectivity index (χ4n) is 2.80. The molecule has 1 aromatic carbocycles. The maximum atomic E-state index is 12.3. The second-order valence-electron chi connectivity index (χ2n) is 5.69. The first-order chi connectivity index (χ1) is 10.9. The van der Waals surface area contributed by atoms with E-state index in [4.69, 9.17) is 21.1 Å². The molecule has 124 valence electrons. The monoisotopic (exact) mass is 335 g/mol. The van der Waals surface area contributed by atoms with E-state index in [0.717, 1.165) is 34.1 Å². The third-order valence-corrected chi connectivity index (χ3v) is 3.96. The number of ether oxygens (including phenoxy) is 2. The molecule has 0 saturated carbocycles. The normalized spacial score (nSPS) is 12.7. The molecule has 0 radical (unpaired) electrons. The third kappa shape index (κ3) is 3.65. The number of fused-ring (bicyclic) bond motifs is 1. The highest BCUT2D eigenvalue weighted by molar-refractivity contribution is 6.31. The van der Waals surface area contributed by atoms with E-state index in [1.165, 1.54) is 7.11 Å². The van der Waals surface area contributed by atoms with Gasteiger partial charge in [0.25, 0.3) is 0 Å². The number of pyridine rings is 1. The first kappa shape index (κ1) is 17.7. The van der Waals surface area contributed by atoms with E-state index in [1.54, 1.807) is 0 Å². The van der Waals surface area contributed by atoms with Crippen LogP contribution in [0.3, 0.4) is 0 Å². The van der Waals surface area contributed by atoms with Gasteiger partial charge in [-0.2, -0.15) is 0 Å². The number of halogens is 1. The number of carbonyl (C=O) groups is 1. The molecule has 2 rings (SSSR count). The number of carbonyl (C=O) groups excluding carboxylic acids is 1. The fraction of sp³-hybridized carbons (Fsp3) is 0.444. The summed E-state index contributed by atoms with van der Waals surface area (Å²) < 4.78 is 10.8. The highest BCUT2D eigenvalue weighted by atomic mass is 35.5. The summed E-state index contributed by atoms with van der Waals surface area (Å²) in [6, 6.07) is 5.59. The molecule has 0 spiro atoms. The van der Waals surface area contributed by atoms with Crippen LogP contribution in [0.25, 0.3) is 10.9 Å². The van der Waals surface area contributed by atoms with E-state index < -0.39 is 12.1 Å². The van der Waals surface area contributed by atoms with Crippen LogP contribution < -0.4 is 0 Å². The zero-order valence-corrected chi connectivity index (χ0v) is 14.9. The van der Waals surface area contributed by atoms with Gasteiger partial charge in [0.2, 0.25) is 0 Å².